The molecule has 112 valence electrons. The molecule has 0 unspecified atom stereocenters. The molecule has 0 radical (unpaired) electrons. The van der Waals surface area contributed by atoms with Crippen LogP contribution in [0.1, 0.15) is 23.7 Å². The summed E-state index contributed by atoms with van der Waals surface area (Å²) in [6.07, 6.45) is -0.208. The van der Waals surface area contributed by atoms with Crippen molar-refractivity contribution in [1.82, 2.24) is 0 Å². The van der Waals surface area contributed by atoms with E-state index in [4.69, 9.17) is 9.47 Å². The highest BCUT2D eigenvalue weighted by Crippen LogP contribution is 2.44. The maximum Gasteiger partial charge on any atom is 0.328 e. The topological polar surface area (TPSA) is 52.6 Å². The molecule has 0 spiro atoms. The fourth-order valence-electron chi connectivity index (χ4n) is 2.90. The summed E-state index contributed by atoms with van der Waals surface area (Å²) in [5, 5.41) is 0. The van der Waals surface area contributed by atoms with Gasteiger partial charge in [0.2, 0.25) is 0 Å². The second kappa shape index (κ2) is 5.64. The first kappa shape index (κ1) is 14.3. The van der Waals surface area contributed by atoms with Crippen molar-refractivity contribution < 1.29 is 19.1 Å². The van der Waals surface area contributed by atoms with Crippen molar-refractivity contribution in [3.8, 4) is 0 Å². The summed E-state index contributed by atoms with van der Waals surface area (Å²) in [6.45, 7) is 0. The van der Waals surface area contributed by atoms with E-state index in [0.29, 0.717) is 5.56 Å². The van der Waals surface area contributed by atoms with E-state index in [2.05, 4.69) is 0 Å². The van der Waals surface area contributed by atoms with Crippen LogP contribution in [0.3, 0.4) is 0 Å². The van der Waals surface area contributed by atoms with Crippen LogP contribution in [0, 0.1) is 0 Å². The van der Waals surface area contributed by atoms with E-state index in [1.165, 1.54) is 7.11 Å². The van der Waals surface area contributed by atoms with Crippen molar-refractivity contribution in [2.45, 2.75) is 17.9 Å². The quantitative estimate of drug-likeness (QED) is 0.645. The molecule has 0 aliphatic carbocycles. The van der Waals surface area contributed by atoms with Crippen molar-refractivity contribution >= 4 is 11.9 Å². The van der Waals surface area contributed by atoms with Crippen LogP contribution in [0.4, 0.5) is 0 Å². The predicted octanol–water partition coefficient (Wildman–Crippen LogP) is 2.79. The summed E-state index contributed by atoms with van der Waals surface area (Å²) in [4.78, 5) is 25.0. The SMILES string of the molecule is COC(=O)[C@]1(c2ccccc2)C[C@H](c2ccccc2)OC1=O. The number of esters is 2. The second-order valence-electron chi connectivity index (χ2n) is 5.27. The van der Waals surface area contributed by atoms with E-state index in [0.717, 1.165) is 5.56 Å². The van der Waals surface area contributed by atoms with Crippen molar-refractivity contribution in [3.63, 3.8) is 0 Å². The Balaban J connectivity index is 2.04. The Morgan fingerprint density at radius 1 is 1.09 bits per heavy atom. The molecule has 22 heavy (non-hydrogen) atoms. The first-order chi connectivity index (χ1) is 10.7. The predicted molar refractivity (Wildman–Crippen MR) is 80.0 cm³/mol. The maximum atomic E-state index is 12.6. The van der Waals surface area contributed by atoms with Crippen LogP contribution in [0.15, 0.2) is 60.7 Å². The molecule has 3 rings (SSSR count). The third-order valence-corrected chi connectivity index (χ3v) is 4.06. The molecule has 1 fully saturated rings. The number of carbonyl (C=O) groups is 2. The van der Waals surface area contributed by atoms with Crippen LogP contribution in [0.5, 0.6) is 0 Å². The number of rotatable bonds is 3. The van der Waals surface area contributed by atoms with Gasteiger partial charge in [0.25, 0.3) is 0 Å². The number of benzene rings is 2. The molecule has 2 aromatic rings. The van der Waals surface area contributed by atoms with Crippen molar-refractivity contribution in [3.05, 3.63) is 71.8 Å². The summed E-state index contributed by atoms with van der Waals surface area (Å²) >= 11 is 0. The lowest BCUT2D eigenvalue weighted by atomic mass is 9.77. The monoisotopic (exact) mass is 296 g/mol. The van der Waals surface area contributed by atoms with Crippen LogP contribution in [0.25, 0.3) is 0 Å². The number of hydrogen-bond acceptors (Lipinski definition) is 4. The molecule has 1 heterocycles. The molecule has 0 amide bonds. The third kappa shape index (κ3) is 2.17. The minimum absolute atomic E-state index is 0.243. The molecule has 2 atom stereocenters. The van der Waals surface area contributed by atoms with Crippen molar-refractivity contribution in [1.29, 1.82) is 0 Å². The molecule has 0 bridgehead atoms. The van der Waals surface area contributed by atoms with E-state index in [1.54, 1.807) is 24.3 Å². The average Bonchev–Trinajstić information content (AvgIpc) is 2.94. The third-order valence-electron chi connectivity index (χ3n) is 4.06. The molecule has 4 heteroatoms. The van der Waals surface area contributed by atoms with E-state index < -0.39 is 23.5 Å². The largest absolute Gasteiger partial charge is 0.468 e. The summed E-state index contributed by atoms with van der Waals surface area (Å²) in [5.74, 6) is -1.14. The first-order valence-corrected chi connectivity index (χ1v) is 7.08. The molecular weight excluding hydrogens is 280 g/mol. The zero-order valence-corrected chi connectivity index (χ0v) is 12.2. The highest BCUT2D eigenvalue weighted by atomic mass is 16.6. The molecule has 1 aliphatic heterocycles. The Kier molecular flexibility index (Phi) is 3.67. The van der Waals surface area contributed by atoms with Crippen LogP contribution in [-0.4, -0.2) is 19.0 Å². The van der Waals surface area contributed by atoms with Gasteiger partial charge >= 0.3 is 11.9 Å². The van der Waals surface area contributed by atoms with Crippen LogP contribution >= 0.6 is 0 Å². The van der Waals surface area contributed by atoms with Gasteiger partial charge in [0, 0.05) is 6.42 Å². The van der Waals surface area contributed by atoms with Crippen LogP contribution < -0.4 is 0 Å². The van der Waals surface area contributed by atoms with Gasteiger partial charge in [-0.2, -0.15) is 0 Å². The smallest absolute Gasteiger partial charge is 0.328 e. The second-order valence-corrected chi connectivity index (χ2v) is 5.27. The fourth-order valence-corrected chi connectivity index (χ4v) is 2.90. The molecular formula is C18H16O4. The summed E-state index contributed by atoms with van der Waals surface area (Å²) < 4.78 is 10.4. The lowest BCUT2D eigenvalue weighted by Crippen LogP contribution is -2.41. The van der Waals surface area contributed by atoms with Crippen molar-refractivity contribution in [2.24, 2.45) is 0 Å². The van der Waals surface area contributed by atoms with Gasteiger partial charge in [-0.3, -0.25) is 9.59 Å². The number of ether oxygens (including phenoxy) is 2. The number of methoxy groups -OCH3 is 1. The fraction of sp³-hybridized carbons (Fsp3) is 0.222. The minimum Gasteiger partial charge on any atom is -0.468 e. The zero-order chi connectivity index (χ0) is 15.6. The van der Waals surface area contributed by atoms with Gasteiger partial charge in [-0.05, 0) is 11.1 Å². The molecule has 1 aliphatic rings. The van der Waals surface area contributed by atoms with E-state index in [9.17, 15) is 9.59 Å². The van der Waals surface area contributed by atoms with E-state index in [-0.39, 0.29) is 6.42 Å². The van der Waals surface area contributed by atoms with Gasteiger partial charge in [-0.15, -0.1) is 0 Å². The van der Waals surface area contributed by atoms with E-state index in [1.807, 2.05) is 36.4 Å². The lowest BCUT2D eigenvalue weighted by molar-refractivity contribution is -0.157. The van der Waals surface area contributed by atoms with Crippen molar-refractivity contribution in [2.75, 3.05) is 7.11 Å². The molecule has 0 N–H and O–H groups in total. The Morgan fingerprint density at radius 3 is 2.27 bits per heavy atom. The average molecular weight is 296 g/mol. The van der Waals surface area contributed by atoms with Crippen LogP contribution in [0.2, 0.25) is 0 Å². The molecule has 4 nitrogen and oxygen atoms in total. The van der Waals surface area contributed by atoms with Crippen LogP contribution in [-0.2, 0) is 24.5 Å². The zero-order valence-electron chi connectivity index (χ0n) is 12.2. The van der Waals surface area contributed by atoms with Gasteiger partial charge in [0.15, 0.2) is 5.41 Å². The van der Waals surface area contributed by atoms with E-state index >= 15 is 0 Å². The van der Waals surface area contributed by atoms with Gasteiger partial charge in [-0.1, -0.05) is 60.7 Å². The van der Waals surface area contributed by atoms with Gasteiger partial charge in [-0.25, -0.2) is 0 Å². The Bertz CT molecular complexity index is 681. The van der Waals surface area contributed by atoms with Gasteiger partial charge in [0.1, 0.15) is 6.10 Å². The Labute approximate surface area is 128 Å². The molecule has 0 aromatic heterocycles. The minimum atomic E-state index is -1.39. The van der Waals surface area contributed by atoms with Gasteiger partial charge in [0.05, 0.1) is 7.11 Å². The summed E-state index contributed by atoms with van der Waals surface area (Å²) in [5.41, 5.74) is 0.0825. The number of hydrogen-bond donors (Lipinski definition) is 0. The highest BCUT2D eigenvalue weighted by Gasteiger charge is 2.57. The summed E-state index contributed by atoms with van der Waals surface area (Å²) in [6, 6.07) is 18.4. The number of cyclic esters (lactones) is 1. The first-order valence-electron chi connectivity index (χ1n) is 7.08. The number of carbonyl (C=O) groups excluding carboxylic acids is 2. The Hall–Kier alpha value is -2.62. The normalized spacial score (nSPS) is 23.9. The highest BCUT2D eigenvalue weighted by molar-refractivity contribution is 6.07. The molecule has 1 saturated heterocycles. The Morgan fingerprint density at radius 2 is 1.68 bits per heavy atom. The standard InChI is InChI=1S/C18H16O4/c1-21-16(19)18(14-10-6-3-7-11-14)12-15(22-17(18)20)13-8-4-2-5-9-13/h2-11,15H,12H2,1H3/t15-,18-/m1/s1. The summed E-state index contributed by atoms with van der Waals surface area (Å²) in [7, 11) is 1.29. The molecule has 0 saturated carbocycles. The molecule has 2 aromatic carbocycles. The lowest BCUT2D eigenvalue weighted by Gasteiger charge is -2.22. The van der Waals surface area contributed by atoms with Gasteiger partial charge < -0.3 is 9.47 Å². The maximum absolute atomic E-state index is 12.6.